The quantitative estimate of drug-likeness (QED) is 0.885. The molecule has 0 spiro atoms. The van der Waals surface area contributed by atoms with Gasteiger partial charge in [-0.3, -0.25) is 0 Å². The van der Waals surface area contributed by atoms with Gasteiger partial charge < -0.3 is 9.64 Å². The molecule has 2 aliphatic rings. The van der Waals surface area contributed by atoms with Gasteiger partial charge in [0, 0.05) is 37.9 Å². The lowest BCUT2D eigenvalue weighted by atomic mass is 10.1. The van der Waals surface area contributed by atoms with Gasteiger partial charge >= 0.3 is 0 Å². The van der Waals surface area contributed by atoms with Gasteiger partial charge in [0.25, 0.3) is 10.2 Å². The van der Waals surface area contributed by atoms with Gasteiger partial charge in [0.2, 0.25) is 0 Å². The number of halogens is 1. The van der Waals surface area contributed by atoms with Gasteiger partial charge in [-0.1, -0.05) is 6.07 Å². The maximum Gasteiger partial charge on any atom is 0.279 e. The highest BCUT2D eigenvalue weighted by Crippen LogP contribution is 2.21. The van der Waals surface area contributed by atoms with Crippen LogP contribution in [-0.4, -0.2) is 58.2 Å². The van der Waals surface area contributed by atoms with Crippen LogP contribution in [0.5, 0.6) is 0 Å². The number of benzene rings is 1. The lowest BCUT2D eigenvalue weighted by Gasteiger charge is -2.36. The molecule has 0 amide bonds. The number of hydrogen-bond donors (Lipinski definition) is 1. The van der Waals surface area contributed by atoms with E-state index in [-0.39, 0.29) is 11.9 Å². The Labute approximate surface area is 136 Å². The van der Waals surface area contributed by atoms with Gasteiger partial charge in [0.05, 0.1) is 13.2 Å². The average Bonchev–Trinajstić information content (AvgIpc) is 2.55. The second-order valence-electron chi connectivity index (χ2n) is 5.90. The number of nitrogens with one attached hydrogen (secondary N) is 1. The lowest BCUT2D eigenvalue weighted by Crippen LogP contribution is -2.53. The van der Waals surface area contributed by atoms with E-state index >= 15 is 0 Å². The van der Waals surface area contributed by atoms with Gasteiger partial charge in [-0.05, 0) is 31.0 Å². The molecule has 0 aliphatic carbocycles. The summed E-state index contributed by atoms with van der Waals surface area (Å²) in [6.45, 7) is 2.99. The molecule has 0 radical (unpaired) electrons. The van der Waals surface area contributed by atoms with Crippen molar-refractivity contribution in [2.24, 2.45) is 0 Å². The number of rotatable bonds is 4. The Morgan fingerprint density at radius 1 is 1.22 bits per heavy atom. The van der Waals surface area contributed by atoms with Crippen molar-refractivity contribution in [2.75, 3.05) is 44.3 Å². The van der Waals surface area contributed by atoms with Crippen molar-refractivity contribution in [1.29, 1.82) is 0 Å². The zero-order valence-electron chi connectivity index (χ0n) is 12.9. The summed E-state index contributed by atoms with van der Waals surface area (Å²) in [7, 11) is -3.49. The predicted molar refractivity (Wildman–Crippen MR) is 86.1 cm³/mol. The molecule has 8 heteroatoms. The second kappa shape index (κ2) is 7.12. The summed E-state index contributed by atoms with van der Waals surface area (Å²) >= 11 is 0. The molecular weight excluding hydrogens is 321 g/mol. The molecule has 2 heterocycles. The zero-order valence-corrected chi connectivity index (χ0v) is 13.8. The van der Waals surface area contributed by atoms with Gasteiger partial charge in [0.1, 0.15) is 5.82 Å². The Bertz CT molecular complexity index is 635. The molecular formula is C15H22FN3O3S. The summed E-state index contributed by atoms with van der Waals surface area (Å²) in [5.41, 5.74) is 0.792. The van der Waals surface area contributed by atoms with Crippen LogP contribution in [0, 0.1) is 5.82 Å². The molecule has 2 aliphatic heterocycles. The number of piperidine rings is 1. The van der Waals surface area contributed by atoms with Gasteiger partial charge in [-0.25, -0.2) is 4.39 Å². The third kappa shape index (κ3) is 4.20. The van der Waals surface area contributed by atoms with Crippen molar-refractivity contribution in [3.63, 3.8) is 0 Å². The van der Waals surface area contributed by atoms with Crippen molar-refractivity contribution in [2.45, 2.75) is 18.9 Å². The Morgan fingerprint density at radius 3 is 2.74 bits per heavy atom. The third-order valence-corrected chi connectivity index (χ3v) is 5.90. The number of morpholine rings is 1. The molecule has 6 nitrogen and oxygen atoms in total. The van der Waals surface area contributed by atoms with Gasteiger partial charge in [-0.2, -0.15) is 17.4 Å². The normalized spacial score (nSPS) is 23.9. The summed E-state index contributed by atoms with van der Waals surface area (Å²) in [6.07, 6.45) is 1.65. The van der Waals surface area contributed by atoms with Crippen LogP contribution in [0.3, 0.4) is 0 Å². The van der Waals surface area contributed by atoms with Gasteiger partial charge in [0.15, 0.2) is 0 Å². The van der Waals surface area contributed by atoms with E-state index in [1.807, 2.05) is 11.0 Å². The van der Waals surface area contributed by atoms with E-state index in [0.29, 0.717) is 32.8 Å². The number of anilines is 1. The summed E-state index contributed by atoms with van der Waals surface area (Å²) < 4.78 is 47.6. The Balaban J connectivity index is 1.64. The fraction of sp³-hybridized carbons (Fsp3) is 0.600. The first-order valence-electron chi connectivity index (χ1n) is 7.90. The zero-order chi connectivity index (χ0) is 16.3. The molecule has 23 heavy (non-hydrogen) atoms. The van der Waals surface area contributed by atoms with E-state index in [4.69, 9.17) is 4.74 Å². The minimum atomic E-state index is -3.49. The first-order chi connectivity index (χ1) is 11.0. The summed E-state index contributed by atoms with van der Waals surface area (Å²) in [6, 6.07) is 6.25. The van der Waals surface area contributed by atoms with Crippen LogP contribution in [0.1, 0.15) is 12.8 Å². The molecule has 1 atom stereocenters. The average molecular weight is 343 g/mol. The molecule has 3 rings (SSSR count). The largest absolute Gasteiger partial charge is 0.379 e. The lowest BCUT2D eigenvalue weighted by molar-refractivity contribution is 0.0722. The Morgan fingerprint density at radius 2 is 2.00 bits per heavy atom. The molecule has 0 bridgehead atoms. The topological polar surface area (TPSA) is 61.9 Å². The number of nitrogens with zero attached hydrogens (tertiary/aromatic N) is 2. The Kier molecular flexibility index (Phi) is 5.15. The monoisotopic (exact) mass is 343 g/mol. The van der Waals surface area contributed by atoms with Crippen LogP contribution in [0.25, 0.3) is 0 Å². The fourth-order valence-corrected chi connectivity index (χ4v) is 4.45. The molecule has 2 saturated heterocycles. The second-order valence-corrected chi connectivity index (χ2v) is 7.60. The number of ether oxygens (including phenoxy) is 1. The highest BCUT2D eigenvalue weighted by molar-refractivity contribution is 7.87. The van der Waals surface area contributed by atoms with Crippen molar-refractivity contribution in [1.82, 2.24) is 9.03 Å². The van der Waals surface area contributed by atoms with Crippen molar-refractivity contribution >= 4 is 15.9 Å². The van der Waals surface area contributed by atoms with E-state index in [1.165, 1.54) is 16.4 Å². The molecule has 2 fully saturated rings. The molecule has 1 unspecified atom stereocenters. The van der Waals surface area contributed by atoms with Crippen LogP contribution in [-0.2, 0) is 14.9 Å². The smallest absolute Gasteiger partial charge is 0.279 e. The summed E-state index contributed by atoms with van der Waals surface area (Å²) in [4.78, 5) is 2.03. The van der Waals surface area contributed by atoms with Crippen LogP contribution in [0.2, 0.25) is 0 Å². The maximum absolute atomic E-state index is 13.4. The molecule has 128 valence electrons. The molecule has 1 N–H and O–H groups in total. The van der Waals surface area contributed by atoms with Crippen molar-refractivity contribution in [3.05, 3.63) is 30.1 Å². The molecule has 0 saturated carbocycles. The van der Waals surface area contributed by atoms with E-state index in [0.717, 1.165) is 25.1 Å². The van der Waals surface area contributed by atoms with E-state index in [9.17, 15) is 12.8 Å². The van der Waals surface area contributed by atoms with Crippen LogP contribution in [0.4, 0.5) is 10.1 Å². The fourth-order valence-electron chi connectivity index (χ4n) is 3.05. The van der Waals surface area contributed by atoms with E-state index < -0.39 is 10.2 Å². The van der Waals surface area contributed by atoms with Crippen LogP contribution < -0.4 is 9.62 Å². The van der Waals surface area contributed by atoms with Crippen molar-refractivity contribution < 1.29 is 17.5 Å². The summed E-state index contributed by atoms with van der Waals surface area (Å²) in [5, 5.41) is 0. The minimum Gasteiger partial charge on any atom is -0.379 e. The molecule has 1 aromatic carbocycles. The molecule has 1 aromatic rings. The van der Waals surface area contributed by atoms with Crippen LogP contribution in [0.15, 0.2) is 24.3 Å². The molecule has 0 aromatic heterocycles. The minimum absolute atomic E-state index is 0.167. The highest BCUT2D eigenvalue weighted by Gasteiger charge is 2.29. The SMILES string of the molecule is O=S(=O)(NC1CCCN(c2cccc(F)c2)C1)N1CCOCC1. The highest BCUT2D eigenvalue weighted by atomic mass is 32.2. The first-order valence-corrected chi connectivity index (χ1v) is 9.34. The van der Waals surface area contributed by atoms with Crippen molar-refractivity contribution in [3.8, 4) is 0 Å². The Hall–Kier alpha value is -1.22. The predicted octanol–water partition coefficient (Wildman–Crippen LogP) is 0.961. The van der Waals surface area contributed by atoms with Gasteiger partial charge in [-0.15, -0.1) is 0 Å². The van der Waals surface area contributed by atoms with E-state index in [1.54, 1.807) is 6.07 Å². The number of hydrogen-bond acceptors (Lipinski definition) is 4. The maximum atomic E-state index is 13.4. The standard InChI is InChI=1S/C15H22FN3O3S/c16-13-3-1-5-15(11-13)18-6-2-4-14(12-18)17-23(20,21)19-7-9-22-10-8-19/h1,3,5,11,14,17H,2,4,6-10,12H2. The van der Waals surface area contributed by atoms with Crippen LogP contribution >= 0.6 is 0 Å². The van der Waals surface area contributed by atoms with E-state index in [2.05, 4.69) is 4.72 Å². The summed E-state index contributed by atoms with van der Waals surface area (Å²) in [5.74, 6) is -0.279. The first kappa shape index (κ1) is 16.6. The third-order valence-electron chi connectivity index (χ3n) is 4.22.